The molecule has 0 aliphatic rings. The number of carbonyl (C=O) groups is 3. The van der Waals surface area contributed by atoms with Gasteiger partial charge in [-0.25, -0.2) is 0 Å². The first-order valence-electron chi connectivity index (χ1n) is 6.97. The SMILES string of the molecule is CC(C)CC(=O)[O-].CC(C)CC(=O)[O-].CC(C)CC(=O)[O-].[Al+3]. The van der Waals surface area contributed by atoms with Gasteiger partial charge in [0.25, 0.3) is 0 Å². The van der Waals surface area contributed by atoms with Crippen LogP contribution in [-0.4, -0.2) is 35.3 Å². The van der Waals surface area contributed by atoms with E-state index in [2.05, 4.69) is 0 Å². The summed E-state index contributed by atoms with van der Waals surface area (Å²) in [6, 6.07) is 0. The number of hydrogen-bond donors (Lipinski definition) is 0. The molecule has 7 heteroatoms. The zero-order valence-electron chi connectivity index (χ0n) is 14.4. The minimum atomic E-state index is -0.963. The Hall–Kier alpha value is -1.06. The molecule has 0 aliphatic carbocycles. The van der Waals surface area contributed by atoms with Gasteiger partial charge >= 0.3 is 17.4 Å². The van der Waals surface area contributed by atoms with Crippen LogP contribution in [-0.2, 0) is 14.4 Å². The van der Waals surface area contributed by atoms with E-state index in [1.807, 2.05) is 41.5 Å². The molecule has 0 fully saturated rings. The van der Waals surface area contributed by atoms with Gasteiger partial charge in [-0.15, -0.1) is 0 Å². The number of rotatable bonds is 6. The Morgan fingerprint density at radius 2 is 0.727 bits per heavy atom. The average Bonchev–Trinajstić information content (AvgIpc) is 2.10. The normalized spacial score (nSPS) is 9.14. The Bertz CT molecular complexity index is 253. The third kappa shape index (κ3) is 50.9. The molecule has 0 spiro atoms. The molecule has 6 nitrogen and oxygen atoms in total. The van der Waals surface area contributed by atoms with E-state index in [1.165, 1.54) is 0 Å². The summed E-state index contributed by atoms with van der Waals surface area (Å²) in [6.07, 6.45) is 0.500. The van der Waals surface area contributed by atoms with Crippen molar-refractivity contribution in [3.05, 3.63) is 0 Å². The van der Waals surface area contributed by atoms with Gasteiger partial charge in [0.2, 0.25) is 0 Å². The summed E-state index contributed by atoms with van der Waals surface area (Å²) >= 11 is 0. The van der Waals surface area contributed by atoms with Crippen LogP contribution in [0, 0.1) is 17.8 Å². The smallest absolute Gasteiger partial charge is 0.550 e. The molecule has 0 aromatic heterocycles. The summed E-state index contributed by atoms with van der Waals surface area (Å²) < 4.78 is 0. The Balaban J connectivity index is -0.000000108. The topological polar surface area (TPSA) is 120 Å². The summed E-state index contributed by atoms with van der Waals surface area (Å²) in [5.74, 6) is -2.25. The van der Waals surface area contributed by atoms with E-state index in [4.69, 9.17) is 0 Å². The van der Waals surface area contributed by atoms with Crippen molar-refractivity contribution in [3.63, 3.8) is 0 Å². The second kappa shape index (κ2) is 18.0. The Morgan fingerprint density at radius 3 is 0.727 bits per heavy atom. The first-order chi connectivity index (χ1) is 9.38. The maximum Gasteiger partial charge on any atom is 3.00 e. The average molecular weight is 330 g/mol. The van der Waals surface area contributed by atoms with Crippen molar-refractivity contribution in [2.45, 2.75) is 60.8 Å². The van der Waals surface area contributed by atoms with Crippen LogP contribution in [0.2, 0.25) is 0 Å². The molecule has 0 aromatic carbocycles. The summed E-state index contributed by atoms with van der Waals surface area (Å²) in [5.41, 5.74) is 0. The van der Waals surface area contributed by atoms with Crippen molar-refractivity contribution in [1.29, 1.82) is 0 Å². The van der Waals surface area contributed by atoms with Crippen LogP contribution in [0.25, 0.3) is 0 Å². The van der Waals surface area contributed by atoms with Crippen LogP contribution in [0.4, 0.5) is 0 Å². The van der Waals surface area contributed by atoms with Gasteiger partial charge in [0.05, 0.1) is 0 Å². The fourth-order valence-electron chi connectivity index (χ4n) is 1.00. The Labute approximate surface area is 144 Å². The molecule has 0 N–H and O–H groups in total. The Kier molecular flexibility index (Phi) is 23.7. The summed E-state index contributed by atoms with van der Waals surface area (Å²) in [7, 11) is 0. The standard InChI is InChI=1S/3C5H10O2.Al/c3*1-4(2)3-5(6)7;/h3*4H,3H2,1-2H3,(H,6,7);/q;;;+3/p-3. The van der Waals surface area contributed by atoms with Crippen LogP contribution >= 0.6 is 0 Å². The van der Waals surface area contributed by atoms with Gasteiger partial charge in [-0.2, -0.15) is 0 Å². The van der Waals surface area contributed by atoms with E-state index in [0.29, 0.717) is 0 Å². The maximum atomic E-state index is 9.70. The van der Waals surface area contributed by atoms with Gasteiger partial charge < -0.3 is 29.7 Å². The molecule has 22 heavy (non-hydrogen) atoms. The van der Waals surface area contributed by atoms with Crippen LogP contribution in [0.1, 0.15) is 60.8 Å². The molecular formula is C15H27AlO6. The van der Waals surface area contributed by atoms with Gasteiger partial charge in [0.15, 0.2) is 0 Å². The molecule has 0 bridgehead atoms. The zero-order valence-corrected chi connectivity index (χ0v) is 15.5. The van der Waals surface area contributed by atoms with E-state index < -0.39 is 17.9 Å². The minimum absolute atomic E-state index is 0. The monoisotopic (exact) mass is 330 g/mol. The molecule has 0 aromatic rings. The van der Waals surface area contributed by atoms with Gasteiger partial charge in [-0.05, 0) is 37.0 Å². The van der Waals surface area contributed by atoms with Crippen LogP contribution in [0.15, 0.2) is 0 Å². The van der Waals surface area contributed by atoms with Crippen molar-refractivity contribution >= 4 is 35.3 Å². The zero-order chi connectivity index (χ0) is 17.6. The third-order valence-electron chi connectivity index (χ3n) is 1.72. The van der Waals surface area contributed by atoms with E-state index >= 15 is 0 Å². The number of hydrogen-bond acceptors (Lipinski definition) is 6. The molecule has 0 rings (SSSR count). The van der Waals surface area contributed by atoms with Crippen molar-refractivity contribution < 1.29 is 29.7 Å². The number of carboxylic acids is 3. The van der Waals surface area contributed by atoms with E-state index in [9.17, 15) is 29.7 Å². The molecule has 0 atom stereocenters. The fourth-order valence-corrected chi connectivity index (χ4v) is 1.00. The van der Waals surface area contributed by atoms with Crippen LogP contribution in [0.3, 0.4) is 0 Å². The molecule has 126 valence electrons. The van der Waals surface area contributed by atoms with Crippen molar-refractivity contribution in [2.75, 3.05) is 0 Å². The summed E-state index contributed by atoms with van der Waals surface area (Å²) in [4.78, 5) is 29.1. The first kappa shape index (κ1) is 29.0. The second-order valence-electron chi connectivity index (χ2n) is 5.91. The number of carboxylic acid groups (broad SMARTS) is 3. The summed E-state index contributed by atoms with van der Waals surface area (Å²) in [6.45, 7) is 11.1. The van der Waals surface area contributed by atoms with E-state index in [0.717, 1.165) is 0 Å². The van der Waals surface area contributed by atoms with Crippen molar-refractivity contribution in [3.8, 4) is 0 Å². The quantitative estimate of drug-likeness (QED) is 0.574. The molecule has 0 unspecified atom stereocenters. The van der Waals surface area contributed by atoms with E-state index in [1.54, 1.807) is 0 Å². The third-order valence-corrected chi connectivity index (χ3v) is 1.72. The molecule has 0 radical (unpaired) electrons. The predicted molar refractivity (Wildman–Crippen MR) is 79.1 cm³/mol. The molecule has 0 amide bonds. The first-order valence-corrected chi connectivity index (χ1v) is 6.97. The molecule has 0 aliphatic heterocycles. The van der Waals surface area contributed by atoms with Gasteiger partial charge in [-0.1, -0.05) is 41.5 Å². The maximum absolute atomic E-state index is 9.70. The fraction of sp³-hybridized carbons (Fsp3) is 0.800. The summed E-state index contributed by atoms with van der Waals surface area (Å²) in [5, 5.41) is 29.1. The number of aliphatic carboxylic acids is 3. The van der Waals surface area contributed by atoms with Crippen LogP contribution in [0.5, 0.6) is 0 Å². The van der Waals surface area contributed by atoms with Gasteiger partial charge in [-0.3, -0.25) is 0 Å². The minimum Gasteiger partial charge on any atom is -0.550 e. The van der Waals surface area contributed by atoms with E-state index in [-0.39, 0.29) is 54.4 Å². The molecule has 0 saturated carbocycles. The second-order valence-corrected chi connectivity index (χ2v) is 5.91. The predicted octanol–water partition coefficient (Wildman–Crippen LogP) is -1.03. The molecule has 0 saturated heterocycles. The largest absolute Gasteiger partial charge is 3.00 e. The van der Waals surface area contributed by atoms with Gasteiger partial charge in [0, 0.05) is 17.9 Å². The van der Waals surface area contributed by atoms with Crippen molar-refractivity contribution in [1.82, 2.24) is 0 Å². The number of carbonyl (C=O) groups excluding carboxylic acids is 3. The Morgan fingerprint density at radius 1 is 0.591 bits per heavy atom. The molecular weight excluding hydrogens is 303 g/mol. The van der Waals surface area contributed by atoms with Crippen molar-refractivity contribution in [2.24, 2.45) is 17.8 Å². The molecule has 0 heterocycles. The van der Waals surface area contributed by atoms with Gasteiger partial charge in [0.1, 0.15) is 0 Å². The van der Waals surface area contributed by atoms with Crippen LogP contribution < -0.4 is 15.3 Å².